The van der Waals surface area contributed by atoms with Crippen LogP contribution in [-0.4, -0.2) is 49.5 Å². The molecule has 0 atom stereocenters. The van der Waals surface area contributed by atoms with Crippen molar-refractivity contribution in [2.24, 2.45) is 0 Å². The number of carboxylic acids is 1. The molecule has 15 heavy (non-hydrogen) atoms. The third kappa shape index (κ3) is 6.03. The zero-order valence-electron chi connectivity index (χ0n) is 9.20. The lowest BCUT2D eigenvalue weighted by Crippen LogP contribution is -2.44. The molecule has 0 radical (unpaired) electrons. The molecular weight excluding hydrogens is 202 g/mol. The van der Waals surface area contributed by atoms with Crippen molar-refractivity contribution < 1.29 is 24.2 Å². The summed E-state index contributed by atoms with van der Waals surface area (Å²) in [5, 5.41) is 10.8. The van der Waals surface area contributed by atoms with E-state index < -0.39 is 11.6 Å². The number of carboxylic acid groups (broad SMARTS) is 1. The lowest BCUT2D eigenvalue weighted by molar-refractivity contribution is -0.142. The maximum absolute atomic E-state index is 11.4. The molecule has 0 saturated carbocycles. The van der Waals surface area contributed by atoms with Gasteiger partial charge in [-0.25, -0.2) is 4.79 Å². The van der Waals surface area contributed by atoms with E-state index in [2.05, 4.69) is 5.32 Å². The number of carbonyl (C=O) groups excluding carboxylic acids is 1. The highest BCUT2D eigenvalue weighted by Crippen LogP contribution is 2.06. The van der Waals surface area contributed by atoms with Crippen LogP contribution in [0.25, 0.3) is 0 Å². The lowest BCUT2D eigenvalue weighted by atomic mass is 10.1. The minimum atomic E-state index is -1.03. The van der Waals surface area contributed by atoms with Crippen LogP contribution in [0.4, 0.5) is 0 Å². The van der Waals surface area contributed by atoms with Crippen LogP contribution < -0.4 is 5.32 Å². The van der Waals surface area contributed by atoms with Crippen LogP contribution in [0.3, 0.4) is 0 Å². The van der Waals surface area contributed by atoms with Crippen molar-refractivity contribution in [3.05, 3.63) is 0 Å². The molecule has 0 aliphatic heterocycles. The van der Waals surface area contributed by atoms with Gasteiger partial charge in [0.1, 0.15) is 12.2 Å². The monoisotopic (exact) mass is 219 g/mol. The second-order valence-electron chi connectivity index (χ2n) is 3.42. The predicted molar refractivity (Wildman–Crippen MR) is 52.6 cm³/mol. The van der Waals surface area contributed by atoms with Gasteiger partial charge in [-0.2, -0.15) is 0 Å². The summed E-state index contributed by atoms with van der Waals surface area (Å²) in [6.45, 7) is 3.35. The summed E-state index contributed by atoms with van der Waals surface area (Å²) in [5.74, 6) is -1.29. The summed E-state index contributed by atoms with van der Waals surface area (Å²) in [6, 6.07) is 0. The van der Waals surface area contributed by atoms with Crippen molar-refractivity contribution in [3.63, 3.8) is 0 Å². The summed E-state index contributed by atoms with van der Waals surface area (Å²) in [6.07, 6.45) is 0. The minimum Gasteiger partial charge on any atom is -0.480 e. The van der Waals surface area contributed by atoms with E-state index in [0.29, 0.717) is 0 Å². The van der Waals surface area contributed by atoms with Gasteiger partial charge in [0.2, 0.25) is 0 Å². The molecule has 2 N–H and O–H groups in total. The molecule has 88 valence electrons. The number of aliphatic carboxylic acids is 1. The molecule has 1 amide bonds. The second kappa shape index (κ2) is 6.36. The van der Waals surface area contributed by atoms with Gasteiger partial charge < -0.3 is 19.9 Å². The number of hydrogen-bond donors (Lipinski definition) is 2. The highest BCUT2D eigenvalue weighted by molar-refractivity contribution is 5.84. The lowest BCUT2D eigenvalue weighted by Gasteiger charge is -2.21. The van der Waals surface area contributed by atoms with Gasteiger partial charge in [-0.15, -0.1) is 0 Å². The summed E-state index contributed by atoms with van der Waals surface area (Å²) in [5.41, 5.74) is -0.882. The van der Waals surface area contributed by atoms with Gasteiger partial charge in [-0.3, -0.25) is 4.79 Å². The van der Waals surface area contributed by atoms with Crippen molar-refractivity contribution in [1.29, 1.82) is 0 Å². The normalized spacial score (nSPS) is 11.1. The van der Waals surface area contributed by atoms with E-state index in [0.717, 1.165) is 0 Å². The molecule has 0 aromatic heterocycles. The number of carbonyl (C=O) groups is 2. The molecule has 0 spiro atoms. The number of amides is 1. The SMILES string of the molecule is COC(C)(C)C(=O)NCCOCC(=O)O. The molecule has 6 nitrogen and oxygen atoms in total. The van der Waals surface area contributed by atoms with Crippen molar-refractivity contribution in [2.75, 3.05) is 26.9 Å². The summed E-state index contributed by atoms with van der Waals surface area (Å²) < 4.78 is 9.68. The van der Waals surface area contributed by atoms with Crippen molar-refractivity contribution in [3.8, 4) is 0 Å². The third-order valence-electron chi connectivity index (χ3n) is 1.81. The Kier molecular flexibility index (Phi) is 5.88. The maximum atomic E-state index is 11.4. The number of rotatable bonds is 7. The predicted octanol–water partition coefficient (Wildman–Crippen LogP) is -0.371. The van der Waals surface area contributed by atoms with Gasteiger partial charge >= 0.3 is 5.97 Å². The van der Waals surface area contributed by atoms with Gasteiger partial charge in [0.15, 0.2) is 0 Å². The number of nitrogens with one attached hydrogen (secondary N) is 1. The molecule has 0 aliphatic carbocycles. The molecule has 0 unspecified atom stereocenters. The Morgan fingerprint density at radius 3 is 2.47 bits per heavy atom. The van der Waals surface area contributed by atoms with Crippen LogP contribution in [0.2, 0.25) is 0 Å². The second-order valence-corrected chi connectivity index (χ2v) is 3.42. The van der Waals surface area contributed by atoms with E-state index in [1.165, 1.54) is 7.11 Å². The fourth-order valence-corrected chi connectivity index (χ4v) is 0.702. The molecule has 0 fully saturated rings. The summed E-state index contributed by atoms with van der Waals surface area (Å²) in [7, 11) is 1.44. The topological polar surface area (TPSA) is 84.9 Å². The Bertz CT molecular complexity index is 227. The van der Waals surface area contributed by atoms with Crippen LogP contribution in [0.15, 0.2) is 0 Å². The Balaban J connectivity index is 3.60. The highest BCUT2D eigenvalue weighted by Gasteiger charge is 2.26. The quantitative estimate of drug-likeness (QED) is 0.570. The molecular formula is C9H17NO5. The molecule has 0 rings (SSSR count). The zero-order valence-corrected chi connectivity index (χ0v) is 9.20. The van der Waals surface area contributed by atoms with E-state index in [4.69, 9.17) is 14.6 Å². The number of hydrogen-bond acceptors (Lipinski definition) is 4. The van der Waals surface area contributed by atoms with Crippen LogP contribution in [0.5, 0.6) is 0 Å². The standard InChI is InChI=1S/C9H17NO5/c1-9(2,14-3)8(13)10-4-5-15-6-7(11)12/h4-6H2,1-3H3,(H,10,13)(H,11,12). The average molecular weight is 219 g/mol. The van der Waals surface area contributed by atoms with Crippen LogP contribution in [0.1, 0.15) is 13.8 Å². The Morgan fingerprint density at radius 2 is 2.00 bits per heavy atom. The van der Waals surface area contributed by atoms with Gasteiger partial charge in [0, 0.05) is 13.7 Å². The average Bonchev–Trinajstić information content (AvgIpc) is 2.16. The Morgan fingerprint density at radius 1 is 1.40 bits per heavy atom. The first-order chi connectivity index (χ1) is 6.90. The largest absolute Gasteiger partial charge is 0.480 e. The summed E-state index contributed by atoms with van der Waals surface area (Å²) in [4.78, 5) is 21.5. The highest BCUT2D eigenvalue weighted by atomic mass is 16.5. The van der Waals surface area contributed by atoms with Gasteiger partial charge in [0.25, 0.3) is 5.91 Å². The third-order valence-corrected chi connectivity index (χ3v) is 1.81. The molecule has 0 aromatic rings. The maximum Gasteiger partial charge on any atom is 0.329 e. The van der Waals surface area contributed by atoms with E-state index in [1.807, 2.05) is 0 Å². The van der Waals surface area contributed by atoms with Crippen LogP contribution in [-0.2, 0) is 19.1 Å². The van der Waals surface area contributed by atoms with Crippen LogP contribution >= 0.6 is 0 Å². The molecule has 6 heteroatoms. The molecule has 0 heterocycles. The van der Waals surface area contributed by atoms with Crippen molar-refractivity contribution in [1.82, 2.24) is 5.32 Å². The molecule has 0 saturated heterocycles. The van der Waals surface area contributed by atoms with Crippen molar-refractivity contribution >= 4 is 11.9 Å². The molecule has 0 bridgehead atoms. The smallest absolute Gasteiger partial charge is 0.329 e. The first-order valence-electron chi connectivity index (χ1n) is 4.53. The minimum absolute atomic E-state index is 0.165. The Labute approximate surface area is 88.6 Å². The van der Waals surface area contributed by atoms with Gasteiger partial charge in [-0.1, -0.05) is 0 Å². The van der Waals surface area contributed by atoms with Gasteiger partial charge in [0.05, 0.1) is 6.61 Å². The Hall–Kier alpha value is -1.14. The van der Waals surface area contributed by atoms with Crippen LogP contribution in [0, 0.1) is 0 Å². The first kappa shape index (κ1) is 13.9. The number of ether oxygens (including phenoxy) is 2. The molecule has 0 aromatic carbocycles. The van der Waals surface area contributed by atoms with E-state index in [-0.39, 0.29) is 25.7 Å². The fourth-order valence-electron chi connectivity index (χ4n) is 0.702. The van der Waals surface area contributed by atoms with Gasteiger partial charge in [-0.05, 0) is 13.8 Å². The summed E-state index contributed by atoms with van der Waals surface area (Å²) >= 11 is 0. The van der Waals surface area contributed by atoms with E-state index in [1.54, 1.807) is 13.8 Å². The van der Waals surface area contributed by atoms with E-state index in [9.17, 15) is 9.59 Å². The number of methoxy groups -OCH3 is 1. The fraction of sp³-hybridized carbons (Fsp3) is 0.778. The first-order valence-corrected chi connectivity index (χ1v) is 4.53. The molecule has 0 aliphatic rings. The van der Waals surface area contributed by atoms with E-state index >= 15 is 0 Å². The van der Waals surface area contributed by atoms with Crippen molar-refractivity contribution in [2.45, 2.75) is 19.4 Å². The zero-order chi connectivity index (χ0) is 11.9.